The highest BCUT2D eigenvalue weighted by atomic mass is 16.4. The minimum Gasteiger partial charge on any atom is -0.477 e. The summed E-state index contributed by atoms with van der Waals surface area (Å²) < 4.78 is 1.13. The molecule has 0 aliphatic heterocycles. The summed E-state index contributed by atoms with van der Waals surface area (Å²) in [7, 11) is 0. The zero-order valence-corrected chi connectivity index (χ0v) is 9.23. The molecule has 90 valence electrons. The van der Waals surface area contributed by atoms with Gasteiger partial charge < -0.3 is 10.8 Å². The molecule has 0 amide bonds. The van der Waals surface area contributed by atoms with Gasteiger partial charge in [0, 0.05) is 17.3 Å². The second kappa shape index (κ2) is 4.02. The third kappa shape index (κ3) is 1.80. The Balaban J connectivity index is 2.74. The average Bonchev–Trinajstić information content (AvgIpc) is 2.68. The van der Waals surface area contributed by atoms with Gasteiger partial charge in [-0.15, -0.1) is 0 Å². The number of fused-ring (bicyclic) bond motifs is 1. The fourth-order valence-electron chi connectivity index (χ4n) is 1.71. The topological polar surface area (TPSA) is 113 Å². The summed E-state index contributed by atoms with van der Waals surface area (Å²) in [4.78, 5) is 27.0. The van der Waals surface area contributed by atoms with Crippen molar-refractivity contribution in [1.82, 2.24) is 14.6 Å². The predicted octanol–water partition coefficient (Wildman–Crippen LogP) is -0.470. The zero-order valence-electron chi connectivity index (χ0n) is 9.23. The Bertz CT molecular complexity index is 641. The molecule has 0 aliphatic carbocycles. The predicted molar refractivity (Wildman–Crippen MR) is 60.3 cm³/mol. The van der Waals surface area contributed by atoms with E-state index >= 15 is 0 Å². The van der Waals surface area contributed by atoms with Crippen LogP contribution in [-0.2, 0) is 6.42 Å². The van der Waals surface area contributed by atoms with Crippen LogP contribution in [0.1, 0.15) is 21.7 Å². The molecule has 7 heteroatoms. The number of aromatic nitrogens is 3. The van der Waals surface area contributed by atoms with Gasteiger partial charge >= 0.3 is 5.97 Å². The molecule has 0 spiro atoms. The summed E-state index contributed by atoms with van der Waals surface area (Å²) in [5.74, 6) is -1.13. The number of aromatic carboxylic acids is 1. The van der Waals surface area contributed by atoms with Gasteiger partial charge in [0.2, 0.25) is 0 Å². The molecule has 0 aliphatic rings. The van der Waals surface area contributed by atoms with Crippen LogP contribution in [0, 0.1) is 6.92 Å². The molecule has 2 aromatic heterocycles. The summed E-state index contributed by atoms with van der Waals surface area (Å²) in [5.41, 5.74) is 6.43. The number of carbonyl (C=O) groups is 1. The van der Waals surface area contributed by atoms with Crippen molar-refractivity contribution in [3.63, 3.8) is 0 Å². The lowest BCUT2D eigenvalue weighted by Crippen LogP contribution is -2.24. The maximum Gasteiger partial charge on any atom is 0.353 e. The molecule has 2 heterocycles. The van der Waals surface area contributed by atoms with Crippen LogP contribution in [0.15, 0.2) is 10.9 Å². The van der Waals surface area contributed by atoms with Crippen molar-refractivity contribution < 1.29 is 9.90 Å². The lowest BCUT2D eigenvalue weighted by molar-refractivity contribution is 0.0690. The van der Waals surface area contributed by atoms with Crippen LogP contribution in [0.4, 0.5) is 0 Å². The van der Waals surface area contributed by atoms with Gasteiger partial charge in [0.05, 0.1) is 0 Å². The van der Waals surface area contributed by atoms with Crippen LogP contribution in [-0.4, -0.2) is 32.2 Å². The first-order valence-electron chi connectivity index (χ1n) is 5.09. The number of hydrogen-bond acceptors (Lipinski definition) is 4. The van der Waals surface area contributed by atoms with Crippen molar-refractivity contribution >= 4 is 11.6 Å². The van der Waals surface area contributed by atoms with Crippen molar-refractivity contribution in [2.45, 2.75) is 13.3 Å². The second-order valence-corrected chi connectivity index (χ2v) is 3.69. The maximum atomic E-state index is 12.0. The summed E-state index contributed by atoms with van der Waals surface area (Å²) in [6.45, 7) is 2.05. The molecule has 4 N–H and O–H groups in total. The van der Waals surface area contributed by atoms with Gasteiger partial charge in [-0.2, -0.15) is 0 Å². The Hall–Kier alpha value is -2.15. The van der Waals surface area contributed by atoms with Crippen molar-refractivity contribution in [3.05, 3.63) is 33.4 Å². The monoisotopic (exact) mass is 236 g/mol. The van der Waals surface area contributed by atoms with Crippen LogP contribution < -0.4 is 11.3 Å². The van der Waals surface area contributed by atoms with E-state index in [9.17, 15) is 9.59 Å². The quantitative estimate of drug-likeness (QED) is 0.666. The van der Waals surface area contributed by atoms with E-state index in [0.29, 0.717) is 29.9 Å². The summed E-state index contributed by atoms with van der Waals surface area (Å²) in [5, 5.41) is 11.3. The first-order chi connectivity index (χ1) is 8.04. The average molecular weight is 236 g/mol. The number of carboxylic acid groups (broad SMARTS) is 1. The number of nitrogens with zero attached hydrogens (tertiary/aromatic N) is 2. The largest absolute Gasteiger partial charge is 0.477 e. The highest BCUT2D eigenvalue weighted by molar-refractivity contribution is 5.86. The Labute approximate surface area is 95.9 Å². The number of aromatic amines is 1. The molecular formula is C10H12N4O3. The summed E-state index contributed by atoms with van der Waals surface area (Å²) >= 11 is 0. The van der Waals surface area contributed by atoms with E-state index in [-0.39, 0.29) is 11.3 Å². The molecule has 0 fully saturated rings. The Kier molecular flexibility index (Phi) is 2.68. The van der Waals surface area contributed by atoms with Crippen LogP contribution in [0.25, 0.3) is 5.65 Å². The standard InChI is InChI=1S/C10H12N4O3/c1-5-6(2-3-11)9(15)14-8(12-5)4-7(13-14)10(16)17/h4,13H,2-3,11H2,1H3,(H,16,17). The van der Waals surface area contributed by atoms with E-state index < -0.39 is 5.97 Å². The molecule has 0 unspecified atom stereocenters. The number of aryl methyl sites for hydroxylation is 1. The van der Waals surface area contributed by atoms with E-state index in [4.69, 9.17) is 10.8 Å². The molecular weight excluding hydrogens is 224 g/mol. The molecule has 17 heavy (non-hydrogen) atoms. The second-order valence-electron chi connectivity index (χ2n) is 3.69. The SMILES string of the molecule is Cc1nc2cc(C(=O)O)[nH]n2c(=O)c1CCN. The van der Waals surface area contributed by atoms with E-state index in [0.717, 1.165) is 4.52 Å². The van der Waals surface area contributed by atoms with Crippen molar-refractivity contribution in [2.75, 3.05) is 6.54 Å². The fraction of sp³-hybridized carbons (Fsp3) is 0.300. The first kappa shape index (κ1) is 11.3. The normalized spacial score (nSPS) is 10.9. The first-order valence-corrected chi connectivity index (χ1v) is 5.09. The maximum absolute atomic E-state index is 12.0. The third-order valence-electron chi connectivity index (χ3n) is 2.54. The van der Waals surface area contributed by atoms with Crippen molar-refractivity contribution in [2.24, 2.45) is 5.73 Å². The van der Waals surface area contributed by atoms with Crippen LogP contribution in [0.5, 0.6) is 0 Å². The minimum atomic E-state index is -1.13. The lowest BCUT2D eigenvalue weighted by Gasteiger charge is -2.02. The number of rotatable bonds is 3. The van der Waals surface area contributed by atoms with Crippen molar-refractivity contribution in [1.29, 1.82) is 0 Å². The third-order valence-corrected chi connectivity index (χ3v) is 2.54. The number of nitrogens with two attached hydrogens (primary N) is 1. The molecule has 2 rings (SSSR count). The lowest BCUT2D eigenvalue weighted by atomic mass is 10.2. The van der Waals surface area contributed by atoms with Crippen LogP contribution in [0.3, 0.4) is 0 Å². The highest BCUT2D eigenvalue weighted by Gasteiger charge is 2.13. The Morgan fingerprint density at radius 3 is 2.94 bits per heavy atom. The summed E-state index contributed by atoms with van der Waals surface area (Å²) in [6.07, 6.45) is 0.419. The smallest absolute Gasteiger partial charge is 0.353 e. The van der Waals surface area contributed by atoms with E-state index in [1.54, 1.807) is 6.92 Å². The number of hydrogen-bond donors (Lipinski definition) is 3. The number of H-pyrrole nitrogens is 1. The van der Waals surface area contributed by atoms with Gasteiger partial charge in [-0.05, 0) is 19.9 Å². The van der Waals surface area contributed by atoms with E-state index in [1.807, 2.05) is 0 Å². The zero-order chi connectivity index (χ0) is 12.6. The van der Waals surface area contributed by atoms with Crippen molar-refractivity contribution in [3.8, 4) is 0 Å². The van der Waals surface area contributed by atoms with Crippen LogP contribution >= 0.6 is 0 Å². The van der Waals surface area contributed by atoms with E-state index in [1.165, 1.54) is 6.07 Å². The van der Waals surface area contributed by atoms with Gasteiger partial charge in [0.15, 0.2) is 5.65 Å². The Morgan fingerprint density at radius 2 is 2.35 bits per heavy atom. The molecule has 0 saturated heterocycles. The van der Waals surface area contributed by atoms with Gasteiger partial charge in [-0.1, -0.05) is 0 Å². The van der Waals surface area contributed by atoms with Gasteiger partial charge in [-0.25, -0.2) is 14.3 Å². The molecule has 7 nitrogen and oxygen atoms in total. The number of nitrogens with one attached hydrogen (secondary N) is 1. The van der Waals surface area contributed by atoms with E-state index in [2.05, 4.69) is 10.1 Å². The van der Waals surface area contributed by atoms with Gasteiger partial charge in [0.1, 0.15) is 5.69 Å². The van der Waals surface area contributed by atoms with Crippen LogP contribution in [0.2, 0.25) is 0 Å². The summed E-state index contributed by atoms with van der Waals surface area (Å²) in [6, 6.07) is 1.32. The fourth-order valence-corrected chi connectivity index (χ4v) is 1.71. The molecule has 0 radical (unpaired) electrons. The number of carboxylic acids is 1. The molecule has 0 saturated carbocycles. The molecule has 2 aromatic rings. The van der Waals surface area contributed by atoms with Gasteiger partial charge in [-0.3, -0.25) is 9.89 Å². The molecule has 0 bridgehead atoms. The van der Waals surface area contributed by atoms with Gasteiger partial charge in [0.25, 0.3) is 5.56 Å². The Morgan fingerprint density at radius 1 is 1.65 bits per heavy atom. The minimum absolute atomic E-state index is 0.0705. The molecule has 0 atom stereocenters. The highest BCUT2D eigenvalue weighted by Crippen LogP contribution is 2.06. The molecule has 0 aromatic carbocycles.